The van der Waals surface area contributed by atoms with E-state index in [1.165, 1.54) is 0 Å². The third kappa shape index (κ3) is 3.03. The molecule has 5 nitrogen and oxygen atoms in total. The summed E-state index contributed by atoms with van der Waals surface area (Å²) in [7, 11) is 0. The largest absolute Gasteiger partial charge is 0.491 e. The fourth-order valence-electron chi connectivity index (χ4n) is 1.72. The molecule has 0 aliphatic rings. The lowest BCUT2D eigenvalue weighted by molar-refractivity contribution is 0.0996. The first-order valence-electron chi connectivity index (χ1n) is 5.76. The number of carbonyl (C=O) groups is 1. The van der Waals surface area contributed by atoms with E-state index in [1.54, 1.807) is 34.2 Å². The monoisotopic (exact) mass is 278 g/mol. The second kappa shape index (κ2) is 5.71. The van der Waals surface area contributed by atoms with Crippen molar-refractivity contribution in [3.05, 3.63) is 50.6 Å². The lowest BCUT2D eigenvalue weighted by Gasteiger charge is -2.10. The highest BCUT2D eigenvalue weighted by Gasteiger charge is 2.08. The smallest absolute Gasteiger partial charge is 0.307 e. The van der Waals surface area contributed by atoms with Crippen LogP contribution in [0.4, 0.5) is 0 Å². The molecule has 0 unspecified atom stereocenters. The Morgan fingerprint density at radius 2 is 2.16 bits per heavy atom. The van der Waals surface area contributed by atoms with Crippen LogP contribution in [0.3, 0.4) is 0 Å². The second-order valence-corrected chi connectivity index (χ2v) is 4.82. The summed E-state index contributed by atoms with van der Waals surface area (Å²) in [6, 6.07) is 6.79. The SMILES string of the molecule is Cc1csc(=O)n1CCOc1ccccc1C(N)=O. The highest BCUT2D eigenvalue weighted by atomic mass is 32.1. The van der Waals surface area contributed by atoms with Crippen molar-refractivity contribution < 1.29 is 9.53 Å². The van der Waals surface area contributed by atoms with Gasteiger partial charge in [0, 0.05) is 11.1 Å². The van der Waals surface area contributed by atoms with Crippen LogP contribution in [0.2, 0.25) is 0 Å². The molecule has 0 bridgehead atoms. The number of hydrogen-bond donors (Lipinski definition) is 1. The van der Waals surface area contributed by atoms with Crippen LogP contribution in [0.1, 0.15) is 16.1 Å². The first kappa shape index (κ1) is 13.4. The van der Waals surface area contributed by atoms with Gasteiger partial charge in [0.15, 0.2) is 0 Å². The fourth-order valence-corrected chi connectivity index (χ4v) is 2.48. The van der Waals surface area contributed by atoms with Gasteiger partial charge in [-0.25, -0.2) is 0 Å². The molecule has 19 heavy (non-hydrogen) atoms. The molecule has 1 aromatic heterocycles. The number of aryl methyl sites for hydroxylation is 1. The van der Waals surface area contributed by atoms with Crippen molar-refractivity contribution in [1.82, 2.24) is 4.57 Å². The minimum Gasteiger partial charge on any atom is -0.491 e. The van der Waals surface area contributed by atoms with Gasteiger partial charge in [0.05, 0.1) is 12.1 Å². The quantitative estimate of drug-likeness (QED) is 0.898. The van der Waals surface area contributed by atoms with Gasteiger partial charge < -0.3 is 10.5 Å². The van der Waals surface area contributed by atoms with E-state index in [1.807, 2.05) is 6.92 Å². The molecule has 2 N–H and O–H groups in total. The van der Waals surface area contributed by atoms with Crippen molar-refractivity contribution in [2.45, 2.75) is 13.5 Å². The van der Waals surface area contributed by atoms with Gasteiger partial charge in [-0.3, -0.25) is 14.2 Å². The predicted octanol–water partition coefficient (Wildman–Crippen LogP) is 1.40. The Labute approximate surface area is 114 Å². The van der Waals surface area contributed by atoms with E-state index in [9.17, 15) is 9.59 Å². The Hall–Kier alpha value is -2.08. The van der Waals surface area contributed by atoms with Gasteiger partial charge in [-0.2, -0.15) is 0 Å². The molecule has 1 heterocycles. The number of ether oxygens (including phenoxy) is 1. The number of para-hydroxylation sites is 1. The number of rotatable bonds is 5. The molecule has 0 aliphatic carbocycles. The number of thiazole rings is 1. The van der Waals surface area contributed by atoms with Gasteiger partial charge in [0.25, 0.3) is 5.91 Å². The minimum atomic E-state index is -0.528. The zero-order chi connectivity index (χ0) is 13.8. The van der Waals surface area contributed by atoms with Crippen LogP contribution in [0.25, 0.3) is 0 Å². The Balaban J connectivity index is 2.04. The number of nitrogens with zero attached hydrogens (tertiary/aromatic N) is 1. The molecular weight excluding hydrogens is 264 g/mol. The third-order valence-corrected chi connectivity index (χ3v) is 3.58. The van der Waals surface area contributed by atoms with Crippen LogP contribution < -0.4 is 15.3 Å². The van der Waals surface area contributed by atoms with Gasteiger partial charge in [0.1, 0.15) is 12.4 Å². The maximum Gasteiger partial charge on any atom is 0.307 e. The molecule has 1 amide bonds. The number of nitrogens with two attached hydrogens (primary N) is 1. The molecule has 0 radical (unpaired) electrons. The number of amides is 1. The van der Waals surface area contributed by atoms with E-state index in [4.69, 9.17) is 10.5 Å². The summed E-state index contributed by atoms with van der Waals surface area (Å²) < 4.78 is 7.16. The molecule has 2 aromatic rings. The Morgan fingerprint density at radius 1 is 1.42 bits per heavy atom. The summed E-state index contributed by atoms with van der Waals surface area (Å²) in [5, 5.41) is 1.81. The normalized spacial score (nSPS) is 10.4. The van der Waals surface area contributed by atoms with Gasteiger partial charge in [0.2, 0.25) is 0 Å². The van der Waals surface area contributed by atoms with Crippen molar-refractivity contribution in [1.29, 1.82) is 0 Å². The van der Waals surface area contributed by atoms with Gasteiger partial charge in [-0.15, -0.1) is 0 Å². The average Bonchev–Trinajstić information content (AvgIpc) is 2.70. The van der Waals surface area contributed by atoms with E-state index in [0.717, 1.165) is 17.0 Å². The molecule has 0 aliphatic heterocycles. The van der Waals surface area contributed by atoms with E-state index >= 15 is 0 Å². The molecule has 0 saturated carbocycles. The summed E-state index contributed by atoms with van der Waals surface area (Å²) in [6.07, 6.45) is 0. The predicted molar refractivity (Wildman–Crippen MR) is 73.8 cm³/mol. The molecule has 1 aromatic carbocycles. The van der Waals surface area contributed by atoms with Gasteiger partial charge in [-0.05, 0) is 19.1 Å². The Bertz CT molecular complexity index is 645. The molecule has 0 saturated heterocycles. The Kier molecular flexibility index (Phi) is 4.01. The van der Waals surface area contributed by atoms with Crippen LogP contribution in [0.15, 0.2) is 34.4 Å². The van der Waals surface area contributed by atoms with E-state index < -0.39 is 5.91 Å². The third-order valence-electron chi connectivity index (χ3n) is 2.70. The number of primary amides is 1. The lowest BCUT2D eigenvalue weighted by atomic mass is 10.2. The molecule has 6 heteroatoms. The lowest BCUT2D eigenvalue weighted by Crippen LogP contribution is -2.20. The van der Waals surface area contributed by atoms with Crippen LogP contribution in [-0.4, -0.2) is 17.1 Å². The van der Waals surface area contributed by atoms with Gasteiger partial charge >= 0.3 is 4.87 Å². The van der Waals surface area contributed by atoms with E-state index in [0.29, 0.717) is 24.5 Å². The van der Waals surface area contributed by atoms with Crippen molar-refractivity contribution in [3.63, 3.8) is 0 Å². The van der Waals surface area contributed by atoms with E-state index in [-0.39, 0.29) is 4.87 Å². The standard InChI is InChI=1S/C13H14N2O3S/c1-9-8-19-13(17)15(9)6-7-18-11-5-3-2-4-10(11)12(14)16/h2-5,8H,6-7H2,1H3,(H2,14,16). The summed E-state index contributed by atoms with van der Waals surface area (Å²) in [5.74, 6) is -0.0876. The average molecular weight is 278 g/mol. The number of hydrogen-bond acceptors (Lipinski definition) is 4. The topological polar surface area (TPSA) is 74.3 Å². The molecule has 0 atom stereocenters. The van der Waals surface area contributed by atoms with Crippen LogP contribution in [0, 0.1) is 6.92 Å². The molecule has 0 fully saturated rings. The van der Waals surface area contributed by atoms with Gasteiger partial charge in [-0.1, -0.05) is 23.5 Å². The second-order valence-electron chi connectivity index (χ2n) is 4.00. The molecule has 2 rings (SSSR count). The zero-order valence-corrected chi connectivity index (χ0v) is 11.3. The van der Waals surface area contributed by atoms with Crippen molar-refractivity contribution in [3.8, 4) is 5.75 Å². The number of aromatic nitrogens is 1. The highest BCUT2D eigenvalue weighted by Crippen LogP contribution is 2.17. The van der Waals surface area contributed by atoms with Crippen LogP contribution in [-0.2, 0) is 6.54 Å². The first-order valence-corrected chi connectivity index (χ1v) is 6.64. The summed E-state index contributed by atoms with van der Waals surface area (Å²) >= 11 is 1.16. The minimum absolute atomic E-state index is 0.00992. The summed E-state index contributed by atoms with van der Waals surface area (Å²) in [4.78, 5) is 22.7. The number of carbonyl (C=O) groups excluding carboxylic acids is 1. The van der Waals surface area contributed by atoms with Crippen molar-refractivity contribution in [2.24, 2.45) is 5.73 Å². The first-order chi connectivity index (χ1) is 9.09. The Morgan fingerprint density at radius 3 is 2.79 bits per heavy atom. The highest BCUT2D eigenvalue weighted by molar-refractivity contribution is 7.07. The van der Waals surface area contributed by atoms with Crippen LogP contribution in [0.5, 0.6) is 5.75 Å². The molecule has 0 spiro atoms. The van der Waals surface area contributed by atoms with Crippen molar-refractivity contribution >= 4 is 17.2 Å². The fraction of sp³-hybridized carbons (Fsp3) is 0.231. The molecule has 100 valence electrons. The van der Waals surface area contributed by atoms with Crippen molar-refractivity contribution in [2.75, 3.05) is 6.61 Å². The maximum absolute atomic E-state index is 11.5. The summed E-state index contributed by atoms with van der Waals surface area (Å²) in [6.45, 7) is 2.62. The maximum atomic E-state index is 11.5. The van der Waals surface area contributed by atoms with Crippen LogP contribution >= 0.6 is 11.3 Å². The summed E-state index contributed by atoms with van der Waals surface area (Å²) in [5.41, 5.74) is 6.51. The zero-order valence-electron chi connectivity index (χ0n) is 10.5. The van der Waals surface area contributed by atoms with E-state index in [2.05, 4.69) is 0 Å². The molecular formula is C13H14N2O3S. The number of benzene rings is 1.